The van der Waals surface area contributed by atoms with Gasteiger partial charge in [-0.2, -0.15) is 8.42 Å². The molecule has 5 atom stereocenters. The maximum atomic E-state index is 10.5. The molecule has 1 rings (SSSR count). The van der Waals surface area contributed by atoms with Gasteiger partial charge in [-0.1, -0.05) is 0 Å². The summed E-state index contributed by atoms with van der Waals surface area (Å²) < 4.78 is 34.0. The van der Waals surface area contributed by atoms with Crippen molar-refractivity contribution in [2.45, 2.75) is 30.7 Å². The third-order valence-electron chi connectivity index (χ3n) is 2.06. The van der Waals surface area contributed by atoms with Crippen molar-refractivity contribution in [2.24, 2.45) is 0 Å². The smallest absolute Gasteiger partial charge is 0.267 e. The van der Waals surface area contributed by atoms with Crippen LogP contribution >= 0.6 is 0 Å². The fourth-order valence-electron chi connectivity index (χ4n) is 1.28. The zero-order chi connectivity index (χ0) is 11.8. The minimum absolute atomic E-state index is 0.977. The van der Waals surface area contributed by atoms with Crippen molar-refractivity contribution in [2.75, 3.05) is 5.75 Å². The fourth-order valence-corrected chi connectivity index (χ4v) is 1.97. The van der Waals surface area contributed by atoms with Gasteiger partial charge in [-0.25, -0.2) is 0 Å². The molecule has 0 aromatic carbocycles. The van der Waals surface area contributed by atoms with Crippen LogP contribution in [0.4, 0.5) is 0 Å². The molecule has 1 heterocycles. The average molecular weight is 244 g/mol. The van der Waals surface area contributed by atoms with Crippen molar-refractivity contribution < 1.29 is 38.1 Å². The van der Waals surface area contributed by atoms with Crippen LogP contribution in [0.5, 0.6) is 0 Å². The molecule has 0 aromatic heterocycles. The Morgan fingerprint density at radius 2 is 1.53 bits per heavy atom. The lowest BCUT2D eigenvalue weighted by atomic mass is 10.0. The van der Waals surface area contributed by atoms with Crippen LogP contribution in [0.2, 0.25) is 0 Å². The summed E-state index contributed by atoms with van der Waals surface area (Å²) in [6, 6.07) is 0. The van der Waals surface area contributed by atoms with E-state index in [1.165, 1.54) is 0 Å². The first-order valence-electron chi connectivity index (χ1n) is 4.05. The molecule has 1 aliphatic heterocycles. The van der Waals surface area contributed by atoms with Crippen LogP contribution in [0.1, 0.15) is 0 Å². The molecule has 15 heavy (non-hydrogen) atoms. The van der Waals surface area contributed by atoms with Crippen molar-refractivity contribution in [1.29, 1.82) is 0 Å². The van der Waals surface area contributed by atoms with Crippen molar-refractivity contribution in [3.8, 4) is 0 Å². The topological polar surface area (TPSA) is 145 Å². The molecule has 1 saturated heterocycles. The molecule has 8 nitrogen and oxygen atoms in total. The molecule has 0 amide bonds. The van der Waals surface area contributed by atoms with Crippen molar-refractivity contribution in [3.63, 3.8) is 0 Å². The Balaban J connectivity index is 2.75. The summed E-state index contributed by atoms with van der Waals surface area (Å²) in [5, 5.41) is 36.5. The van der Waals surface area contributed by atoms with Gasteiger partial charge in [-0.3, -0.25) is 4.55 Å². The van der Waals surface area contributed by atoms with E-state index in [-0.39, 0.29) is 0 Å². The van der Waals surface area contributed by atoms with Crippen molar-refractivity contribution >= 4 is 10.1 Å². The van der Waals surface area contributed by atoms with Crippen LogP contribution < -0.4 is 0 Å². The number of hydrogen-bond donors (Lipinski definition) is 5. The quantitative estimate of drug-likeness (QED) is 0.317. The Kier molecular flexibility index (Phi) is 3.66. The van der Waals surface area contributed by atoms with Gasteiger partial charge in [0.05, 0.1) is 0 Å². The number of aliphatic hydroxyl groups excluding tert-OH is 4. The van der Waals surface area contributed by atoms with E-state index in [0.29, 0.717) is 0 Å². The third-order valence-corrected chi connectivity index (χ3v) is 2.81. The van der Waals surface area contributed by atoms with Crippen LogP contribution in [0, 0.1) is 0 Å². The van der Waals surface area contributed by atoms with Gasteiger partial charge in [0.2, 0.25) is 0 Å². The lowest BCUT2D eigenvalue weighted by molar-refractivity contribution is -0.276. The predicted octanol–water partition coefficient (Wildman–Crippen LogP) is -3.33. The summed E-state index contributed by atoms with van der Waals surface area (Å²) >= 11 is 0. The minimum Gasteiger partial charge on any atom is -0.388 e. The Bertz CT molecular complexity index is 313. The first-order valence-corrected chi connectivity index (χ1v) is 5.66. The van der Waals surface area contributed by atoms with Gasteiger partial charge < -0.3 is 25.2 Å². The van der Waals surface area contributed by atoms with Crippen molar-refractivity contribution in [3.05, 3.63) is 0 Å². The fraction of sp³-hybridized carbons (Fsp3) is 1.00. The normalized spacial score (nSPS) is 42.9. The Labute approximate surface area is 85.5 Å². The van der Waals surface area contributed by atoms with Gasteiger partial charge in [0.25, 0.3) is 10.1 Å². The third kappa shape index (κ3) is 3.08. The van der Waals surface area contributed by atoms with Crippen LogP contribution in [0.15, 0.2) is 0 Å². The molecule has 90 valence electrons. The molecule has 0 radical (unpaired) electrons. The number of rotatable bonds is 2. The molecule has 1 fully saturated rings. The lowest BCUT2D eigenvalue weighted by Gasteiger charge is -2.37. The van der Waals surface area contributed by atoms with E-state index in [1.54, 1.807) is 0 Å². The standard InChI is InChI=1S/C6H12O8S/c7-3-2(1-15(11,12)13)14-6(10)5(9)4(3)8/h2-10H,1H2,(H,11,12,13)/t2-,3-,4+,5-,6+/m1/s1. The lowest BCUT2D eigenvalue weighted by Crippen LogP contribution is -2.59. The minimum atomic E-state index is -4.41. The summed E-state index contributed by atoms with van der Waals surface area (Å²) in [4.78, 5) is 0. The van der Waals surface area contributed by atoms with Gasteiger partial charge in [0.1, 0.15) is 30.2 Å². The highest BCUT2D eigenvalue weighted by molar-refractivity contribution is 7.85. The Hall–Kier alpha value is -0.290. The van der Waals surface area contributed by atoms with Crippen LogP contribution in [0.3, 0.4) is 0 Å². The largest absolute Gasteiger partial charge is 0.388 e. The SMILES string of the molecule is O=S(=O)(O)C[C@H]1O[C@H](O)[C@H](O)[C@@H](O)[C@@H]1O. The van der Waals surface area contributed by atoms with Gasteiger partial charge in [0, 0.05) is 0 Å². The molecular formula is C6H12O8S. The van der Waals surface area contributed by atoms with Gasteiger partial charge in [-0.05, 0) is 0 Å². The molecule has 1 aliphatic rings. The first-order chi connectivity index (χ1) is 6.72. The predicted molar refractivity (Wildman–Crippen MR) is 45.3 cm³/mol. The molecule has 0 bridgehead atoms. The number of hydrogen-bond acceptors (Lipinski definition) is 7. The molecule has 0 aliphatic carbocycles. The number of ether oxygens (including phenoxy) is 1. The zero-order valence-corrected chi connectivity index (χ0v) is 8.28. The second-order valence-electron chi connectivity index (χ2n) is 3.29. The molecule has 0 spiro atoms. The van der Waals surface area contributed by atoms with E-state index >= 15 is 0 Å². The van der Waals surface area contributed by atoms with Crippen LogP contribution in [-0.2, 0) is 14.9 Å². The van der Waals surface area contributed by atoms with E-state index in [0.717, 1.165) is 0 Å². The molecule has 5 N–H and O–H groups in total. The van der Waals surface area contributed by atoms with Crippen molar-refractivity contribution in [1.82, 2.24) is 0 Å². The summed E-state index contributed by atoms with van der Waals surface area (Å²) in [5.41, 5.74) is 0. The monoisotopic (exact) mass is 244 g/mol. The van der Waals surface area contributed by atoms with E-state index in [4.69, 9.17) is 19.9 Å². The maximum absolute atomic E-state index is 10.5. The van der Waals surface area contributed by atoms with Crippen LogP contribution in [-0.4, -0.2) is 69.9 Å². The molecule has 0 saturated carbocycles. The molecule has 9 heteroatoms. The first kappa shape index (κ1) is 12.8. The second kappa shape index (κ2) is 4.29. The number of aliphatic hydroxyl groups is 4. The Morgan fingerprint density at radius 1 is 1.00 bits per heavy atom. The highest BCUT2D eigenvalue weighted by Gasteiger charge is 2.44. The van der Waals surface area contributed by atoms with E-state index in [2.05, 4.69) is 4.74 Å². The molecule has 0 aromatic rings. The second-order valence-corrected chi connectivity index (χ2v) is 4.78. The van der Waals surface area contributed by atoms with E-state index in [1.807, 2.05) is 0 Å². The van der Waals surface area contributed by atoms with Gasteiger partial charge >= 0.3 is 0 Å². The van der Waals surface area contributed by atoms with Gasteiger partial charge in [-0.15, -0.1) is 0 Å². The summed E-state index contributed by atoms with van der Waals surface area (Å²) in [6.45, 7) is 0. The molecular weight excluding hydrogens is 232 g/mol. The summed E-state index contributed by atoms with van der Waals surface area (Å²) in [5.74, 6) is -0.977. The highest BCUT2D eigenvalue weighted by Crippen LogP contribution is 2.20. The zero-order valence-electron chi connectivity index (χ0n) is 7.46. The molecule has 0 unspecified atom stereocenters. The Morgan fingerprint density at radius 3 is 2.00 bits per heavy atom. The maximum Gasteiger partial charge on any atom is 0.267 e. The summed E-state index contributed by atoms with van der Waals surface area (Å²) in [6.07, 6.45) is -8.47. The van der Waals surface area contributed by atoms with Crippen LogP contribution in [0.25, 0.3) is 0 Å². The summed E-state index contributed by atoms with van der Waals surface area (Å²) in [7, 11) is -4.41. The highest BCUT2D eigenvalue weighted by atomic mass is 32.2. The average Bonchev–Trinajstić information content (AvgIpc) is 2.08. The van der Waals surface area contributed by atoms with Gasteiger partial charge in [0.15, 0.2) is 6.29 Å². The van der Waals surface area contributed by atoms with E-state index in [9.17, 15) is 13.5 Å². The van der Waals surface area contributed by atoms with E-state index < -0.39 is 46.6 Å².